The normalized spacial score (nSPS) is 12.1. The van der Waals surface area contributed by atoms with Crippen LogP contribution in [0.4, 0.5) is 0 Å². The molecule has 0 bridgehead atoms. The molecule has 0 radical (unpaired) electrons. The number of nitrogens with zero attached hydrogens (tertiary/aromatic N) is 2. The Morgan fingerprint density at radius 1 is 1.40 bits per heavy atom. The number of hydrogen-bond donors (Lipinski definition) is 2. The molecule has 1 amide bonds. The maximum Gasteiger partial charge on any atom is 0.254 e. The summed E-state index contributed by atoms with van der Waals surface area (Å²) in [5.74, 6) is -0.220. The zero-order valence-electron chi connectivity index (χ0n) is 11.5. The Morgan fingerprint density at radius 3 is 2.85 bits per heavy atom. The lowest BCUT2D eigenvalue weighted by Crippen LogP contribution is -2.31. The van der Waals surface area contributed by atoms with Crippen LogP contribution < -0.4 is 5.32 Å². The molecule has 2 aromatic rings. The van der Waals surface area contributed by atoms with E-state index in [9.17, 15) is 9.90 Å². The van der Waals surface area contributed by atoms with Gasteiger partial charge in [0.15, 0.2) is 0 Å². The Bertz CT molecular complexity index is 551. The highest BCUT2D eigenvalue weighted by Gasteiger charge is 2.11. The number of aliphatic hydroxyl groups excluding tert-OH is 1. The largest absolute Gasteiger partial charge is 0.391 e. The summed E-state index contributed by atoms with van der Waals surface area (Å²) in [6, 6.07) is 9.59. The Balaban J connectivity index is 1.97. The molecule has 1 heterocycles. The van der Waals surface area contributed by atoms with E-state index in [4.69, 9.17) is 0 Å². The molecule has 1 atom stereocenters. The topological polar surface area (TPSA) is 67.2 Å². The SMILES string of the molecule is CCCC(O)CNC(=O)c1cnn(-c2ccccc2)c1. The minimum atomic E-state index is -0.492. The fourth-order valence-corrected chi connectivity index (χ4v) is 1.91. The van der Waals surface area contributed by atoms with E-state index in [1.165, 1.54) is 6.20 Å². The molecule has 0 saturated carbocycles. The third kappa shape index (κ3) is 3.68. The number of aromatic nitrogens is 2. The second-order valence-electron chi connectivity index (χ2n) is 4.66. The van der Waals surface area contributed by atoms with Crippen LogP contribution in [0.2, 0.25) is 0 Å². The van der Waals surface area contributed by atoms with Crippen LogP contribution in [0.3, 0.4) is 0 Å². The van der Waals surface area contributed by atoms with Crippen molar-refractivity contribution in [1.82, 2.24) is 15.1 Å². The van der Waals surface area contributed by atoms with E-state index in [0.29, 0.717) is 12.0 Å². The van der Waals surface area contributed by atoms with Gasteiger partial charge in [-0.25, -0.2) is 4.68 Å². The molecule has 0 aliphatic carbocycles. The molecule has 5 nitrogen and oxygen atoms in total. The van der Waals surface area contributed by atoms with Crippen LogP contribution in [0.25, 0.3) is 5.69 Å². The number of rotatable bonds is 6. The molecular weight excluding hydrogens is 254 g/mol. The van der Waals surface area contributed by atoms with Crippen LogP contribution >= 0.6 is 0 Å². The molecule has 1 aromatic carbocycles. The van der Waals surface area contributed by atoms with Gasteiger partial charge in [-0.1, -0.05) is 31.5 Å². The predicted molar refractivity (Wildman–Crippen MR) is 76.8 cm³/mol. The van der Waals surface area contributed by atoms with E-state index in [-0.39, 0.29) is 12.5 Å². The predicted octanol–water partition coefficient (Wildman–Crippen LogP) is 1.76. The number of nitrogens with one attached hydrogen (secondary N) is 1. The highest BCUT2D eigenvalue weighted by molar-refractivity contribution is 5.93. The summed E-state index contributed by atoms with van der Waals surface area (Å²) < 4.78 is 1.65. The van der Waals surface area contributed by atoms with Gasteiger partial charge in [0.25, 0.3) is 5.91 Å². The minimum absolute atomic E-state index is 0.220. The van der Waals surface area contributed by atoms with Gasteiger partial charge < -0.3 is 10.4 Å². The van der Waals surface area contributed by atoms with Crippen LogP contribution in [0.15, 0.2) is 42.7 Å². The first kappa shape index (κ1) is 14.3. The lowest BCUT2D eigenvalue weighted by atomic mass is 10.2. The molecule has 20 heavy (non-hydrogen) atoms. The van der Waals surface area contributed by atoms with Crippen molar-refractivity contribution in [3.63, 3.8) is 0 Å². The molecule has 5 heteroatoms. The van der Waals surface area contributed by atoms with Crippen LogP contribution in [-0.2, 0) is 0 Å². The number of amides is 1. The van der Waals surface area contributed by atoms with E-state index in [1.807, 2.05) is 37.3 Å². The first-order valence-corrected chi connectivity index (χ1v) is 6.77. The van der Waals surface area contributed by atoms with Gasteiger partial charge in [0.2, 0.25) is 0 Å². The highest BCUT2D eigenvalue weighted by atomic mass is 16.3. The van der Waals surface area contributed by atoms with Crippen molar-refractivity contribution >= 4 is 5.91 Å². The minimum Gasteiger partial charge on any atom is -0.391 e. The highest BCUT2D eigenvalue weighted by Crippen LogP contribution is 2.07. The quantitative estimate of drug-likeness (QED) is 0.842. The summed E-state index contributed by atoms with van der Waals surface area (Å²) in [6.45, 7) is 2.26. The molecule has 1 unspecified atom stereocenters. The molecule has 1 aromatic heterocycles. The van der Waals surface area contributed by atoms with Gasteiger partial charge in [0, 0.05) is 12.7 Å². The van der Waals surface area contributed by atoms with Crippen LogP contribution in [0, 0.1) is 0 Å². The average Bonchev–Trinajstić information content (AvgIpc) is 2.96. The van der Waals surface area contributed by atoms with E-state index < -0.39 is 6.10 Å². The monoisotopic (exact) mass is 273 g/mol. The number of carbonyl (C=O) groups excluding carboxylic acids is 1. The second kappa shape index (κ2) is 6.86. The Labute approximate surface area is 118 Å². The smallest absolute Gasteiger partial charge is 0.254 e. The van der Waals surface area contributed by atoms with Crippen molar-refractivity contribution in [2.45, 2.75) is 25.9 Å². The maximum absolute atomic E-state index is 11.9. The first-order chi connectivity index (χ1) is 9.70. The van der Waals surface area contributed by atoms with Crippen LogP contribution in [0.5, 0.6) is 0 Å². The summed E-state index contributed by atoms with van der Waals surface area (Å²) in [4.78, 5) is 11.9. The summed E-state index contributed by atoms with van der Waals surface area (Å²) in [5, 5.41) is 16.5. The van der Waals surface area contributed by atoms with Crippen LogP contribution in [-0.4, -0.2) is 33.4 Å². The molecule has 0 aliphatic rings. The van der Waals surface area contributed by atoms with Gasteiger partial charge in [-0.2, -0.15) is 5.10 Å². The zero-order valence-corrected chi connectivity index (χ0v) is 11.5. The molecule has 106 valence electrons. The maximum atomic E-state index is 11.9. The van der Waals surface area contributed by atoms with Gasteiger partial charge in [-0.05, 0) is 18.6 Å². The molecular formula is C15H19N3O2. The molecule has 0 aliphatic heterocycles. The standard InChI is InChI=1S/C15H19N3O2/c1-2-6-14(19)10-16-15(20)12-9-17-18(11-12)13-7-4-3-5-8-13/h3-5,7-9,11,14,19H,2,6,10H2,1H3,(H,16,20). The fraction of sp³-hybridized carbons (Fsp3) is 0.333. The fourth-order valence-electron chi connectivity index (χ4n) is 1.91. The number of para-hydroxylation sites is 1. The van der Waals surface area contributed by atoms with Crippen LogP contribution in [0.1, 0.15) is 30.1 Å². The number of carbonyl (C=O) groups is 1. The van der Waals surface area contributed by atoms with Gasteiger partial charge in [-0.15, -0.1) is 0 Å². The third-order valence-electron chi connectivity index (χ3n) is 2.99. The van der Waals surface area contributed by atoms with Crippen molar-refractivity contribution in [1.29, 1.82) is 0 Å². The van der Waals surface area contributed by atoms with E-state index in [2.05, 4.69) is 10.4 Å². The summed E-state index contributed by atoms with van der Waals surface area (Å²) in [7, 11) is 0. The van der Waals surface area contributed by atoms with Crippen molar-refractivity contribution < 1.29 is 9.90 Å². The summed E-state index contributed by atoms with van der Waals surface area (Å²) >= 11 is 0. The van der Waals surface area contributed by atoms with E-state index in [0.717, 1.165) is 12.1 Å². The zero-order chi connectivity index (χ0) is 14.4. The first-order valence-electron chi connectivity index (χ1n) is 6.77. The van der Waals surface area contributed by atoms with E-state index in [1.54, 1.807) is 10.9 Å². The van der Waals surface area contributed by atoms with Gasteiger partial charge in [-0.3, -0.25) is 4.79 Å². The lowest BCUT2D eigenvalue weighted by molar-refractivity contribution is 0.0910. The Morgan fingerprint density at radius 2 is 2.15 bits per heavy atom. The van der Waals surface area contributed by atoms with Crippen molar-refractivity contribution in [3.05, 3.63) is 48.3 Å². The molecule has 2 N–H and O–H groups in total. The summed E-state index contributed by atoms with van der Waals surface area (Å²) in [5.41, 5.74) is 1.38. The molecule has 0 spiro atoms. The molecule has 0 saturated heterocycles. The van der Waals surface area contributed by atoms with E-state index >= 15 is 0 Å². The number of hydrogen-bond acceptors (Lipinski definition) is 3. The lowest BCUT2D eigenvalue weighted by Gasteiger charge is -2.09. The van der Waals surface area contributed by atoms with Crippen molar-refractivity contribution in [2.24, 2.45) is 0 Å². The van der Waals surface area contributed by atoms with Gasteiger partial charge >= 0.3 is 0 Å². The van der Waals surface area contributed by atoms with Crippen molar-refractivity contribution in [3.8, 4) is 5.69 Å². The Hall–Kier alpha value is -2.14. The second-order valence-corrected chi connectivity index (χ2v) is 4.66. The number of benzene rings is 1. The summed E-state index contributed by atoms with van der Waals surface area (Å²) in [6.07, 6.45) is 4.28. The van der Waals surface area contributed by atoms with Gasteiger partial charge in [0.05, 0.1) is 23.6 Å². The Kier molecular flexibility index (Phi) is 4.90. The molecule has 2 rings (SSSR count). The molecule has 0 fully saturated rings. The van der Waals surface area contributed by atoms with Crippen molar-refractivity contribution in [2.75, 3.05) is 6.54 Å². The number of aliphatic hydroxyl groups is 1. The third-order valence-corrected chi connectivity index (χ3v) is 2.99. The average molecular weight is 273 g/mol. The van der Waals surface area contributed by atoms with Gasteiger partial charge in [0.1, 0.15) is 0 Å².